The molecule has 0 atom stereocenters. The van der Waals surface area contributed by atoms with Crippen molar-refractivity contribution < 1.29 is 9.53 Å². The normalized spacial score (nSPS) is 10.3. The van der Waals surface area contributed by atoms with Crippen LogP contribution in [0.25, 0.3) is 0 Å². The molecule has 0 saturated heterocycles. The van der Waals surface area contributed by atoms with Gasteiger partial charge in [-0.25, -0.2) is 0 Å². The van der Waals surface area contributed by atoms with Crippen LogP contribution in [0, 0.1) is 6.92 Å². The SMILES string of the molecule is COc1c(Cl)cc(C(=O)Nc2cc(Br)ccc2C)cc1Cl. The van der Waals surface area contributed by atoms with Crippen LogP contribution in [-0.4, -0.2) is 13.0 Å². The Balaban J connectivity index is 2.31. The van der Waals surface area contributed by atoms with Gasteiger partial charge in [-0.3, -0.25) is 4.79 Å². The Kier molecular flexibility index (Phi) is 5.14. The lowest BCUT2D eigenvalue weighted by Crippen LogP contribution is -2.13. The van der Waals surface area contributed by atoms with Crippen LogP contribution in [0.1, 0.15) is 15.9 Å². The van der Waals surface area contributed by atoms with E-state index in [9.17, 15) is 4.79 Å². The van der Waals surface area contributed by atoms with Crippen LogP contribution in [-0.2, 0) is 0 Å². The molecule has 0 aromatic heterocycles. The summed E-state index contributed by atoms with van der Waals surface area (Å²) in [6.45, 7) is 1.91. The lowest BCUT2D eigenvalue weighted by Gasteiger charge is -2.11. The van der Waals surface area contributed by atoms with Crippen LogP contribution >= 0.6 is 39.1 Å². The van der Waals surface area contributed by atoms with Gasteiger partial charge in [0.15, 0.2) is 5.75 Å². The van der Waals surface area contributed by atoms with Crippen LogP contribution in [0.4, 0.5) is 5.69 Å². The predicted octanol–water partition coefficient (Wildman–Crippen LogP) is 5.33. The second kappa shape index (κ2) is 6.69. The number of hydrogen-bond donors (Lipinski definition) is 1. The molecule has 6 heteroatoms. The van der Waals surface area contributed by atoms with Gasteiger partial charge in [-0.1, -0.05) is 45.2 Å². The largest absolute Gasteiger partial charge is 0.494 e. The molecular formula is C15H12BrCl2NO2. The molecule has 2 aromatic rings. The third-order valence-electron chi connectivity index (χ3n) is 2.91. The number of anilines is 1. The summed E-state index contributed by atoms with van der Waals surface area (Å²) in [4.78, 5) is 12.3. The van der Waals surface area contributed by atoms with Gasteiger partial charge in [0, 0.05) is 15.7 Å². The fourth-order valence-electron chi connectivity index (χ4n) is 1.81. The smallest absolute Gasteiger partial charge is 0.255 e. The van der Waals surface area contributed by atoms with Crippen molar-refractivity contribution >= 4 is 50.7 Å². The summed E-state index contributed by atoms with van der Waals surface area (Å²) < 4.78 is 5.95. The van der Waals surface area contributed by atoms with Crippen molar-refractivity contribution in [3.8, 4) is 5.75 Å². The van der Waals surface area contributed by atoms with E-state index >= 15 is 0 Å². The molecule has 1 amide bonds. The fourth-order valence-corrected chi connectivity index (χ4v) is 2.81. The molecule has 1 N–H and O–H groups in total. The molecular weight excluding hydrogens is 377 g/mol. The van der Waals surface area contributed by atoms with Gasteiger partial charge in [0.2, 0.25) is 0 Å². The highest BCUT2D eigenvalue weighted by Crippen LogP contribution is 2.34. The molecule has 21 heavy (non-hydrogen) atoms. The Labute approximate surface area is 141 Å². The maximum Gasteiger partial charge on any atom is 0.255 e. The summed E-state index contributed by atoms with van der Waals surface area (Å²) in [5.74, 6) is 0.0659. The second-order valence-electron chi connectivity index (χ2n) is 4.39. The summed E-state index contributed by atoms with van der Waals surface area (Å²) in [6.07, 6.45) is 0. The van der Waals surface area contributed by atoms with E-state index in [4.69, 9.17) is 27.9 Å². The van der Waals surface area contributed by atoms with E-state index in [-0.39, 0.29) is 5.91 Å². The first-order valence-corrected chi connectivity index (χ1v) is 7.58. The van der Waals surface area contributed by atoms with Crippen molar-refractivity contribution in [3.05, 3.63) is 56.0 Å². The van der Waals surface area contributed by atoms with E-state index in [1.807, 2.05) is 25.1 Å². The molecule has 3 nitrogen and oxygen atoms in total. The van der Waals surface area contributed by atoms with E-state index in [1.165, 1.54) is 19.2 Å². The van der Waals surface area contributed by atoms with Crippen molar-refractivity contribution in [3.63, 3.8) is 0 Å². The van der Waals surface area contributed by atoms with Gasteiger partial charge in [0.1, 0.15) is 0 Å². The standard InChI is InChI=1S/C15H12BrCl2NO2/c1-8-3-4-10(16)7-13(8)19-15(20)9-5-11(17)14(21-2)12(18)6-9/h3-7H,1-2H3,(H,19,20). The van der Waals surface area contributed by atoms with Crippen molar-refractivity contribution in [1.29, 1.82) is 0 Å². The van der Waals surface area contributed by atoms with Gasteiger partial charge < -0.3 is 10.1 Å². The number of halogens is 3. The predicted molar refractivity (Wildman–Crippen MR) is 89.8 cm³/mol. The first-order chi connectivity index (χ1) is 9.92. The van der Waals surface area contributed by atoms with Gasteiger partial charge in [-0.05, 0) is 36.8 Å². The van der Waals surface area contributed by atoms with Gasteiger partial charge in [-0.15, -0.1) is 0 Å². The second-order valence-corrected chi connectivity index (χ2v) is 6.12. The number of amides is 1. The molecule has 0 aliphatic heterocycles. The molecule has 110 valence electrons. The zero-order chi connectivity index (χ0) is 15.6. The highest BCUT2D eigenvalue weighted by Gasteiger charge is 2.14. The maximum absolute atomic E-state index is 12.3. The number of hydrogen-bond acceptors (Lipinski definition) is 2. The van der Waals surface area contributed by atoms with E-state index in [0.29, 0.717) is 21.4 Å². The minimum Gasteiger partial charge on any atom is -0.494 e. The first kappa shape index (κ1) is 16.1. The highest BCUT2D eigenvalue weighted by atomic mass is 79.9. The Morgan fingerprint density at radius 1 is 1.19 bits per heavy atom. The number of carbonyl (C=O) groups excluding carboxylic acids is 1. The highest BCUT2D eigenvalue weighted by molar-refractivity contribution is 9.10. The molecule has 0 aliphatic rings. The Morgan fingerprint density at radius 3 is 2.38 bits per heavy atom. The lowest BCUT2D eigenvalue weighted by molar-refractivity contribution is 0.102. The van der Waals surface area contributed by atoms with E-state index < -0.39 is 0 Å². The topological polar surface area (TPSA) is 38.3 Å². The first-order valence-electron chi connectivity index (χ1n) is 6.03. The third kappa shape index (κ3) is 3.70. The molecule has 0 spiro atoms. The summed E-state index contributed by atoms with van der Waals surface area (Å²) in [5.41, 5.74) is 2.04. The van der Waals surface area contributed by atoms with Crippen LogP contribution in [0.5, 0.6) is 5.75 Å². The van der Waals surface area contributed by atoms with Crippen LogP contribution in [0.2, 0.25) is 10.0 Å². The number of rotatable bonds is 3. The van der Waals surface area contributed by atoms with Crippen molar-refractivity contribution in [2.75, 3.05) is 12.4 Å². The zero-order valence-electron chi connectivity index (χ0n) is 11.3. The monoisotopic (exact) mass is 387 g/mol. The average Bonchev–Trinajstić information content (AvgIpc) is 2.42. The van der Waals surface area contributed by atoms with Crippen LogP contribution in [0.15, 0.2) is 34.8 Å². The number of aryl methyl sites for hydroxylation is 1. The van der Waals surface area contributed by atoms with E-state index in [2.05, 4.69) is 21.2 Å². The minimum absolute atomic E-state index is 0.289. The molecule has 0 heterocycles. The fraction of sp³-hybridized carbons (Fsp3) is 0.133. The summed E-state index contributed by atoms with van der Waals surface area (Å²) in [5, 5.41) is 3.42. The van der Waals surface area contributed by atoms with Crippen molar-refractivity contribution in [2.45, 2.75) is 6.92 Å². The quantitative estimate of drug-likeness (QED) is 0.771. The zero-order valence-corrected chi connectivity index (χ0v) is 14.4. The molecule has 0 aliphatic carbocycles. The van der Waals surface area contributed by atoms with Crippen molar-refractivity contribution in [1.82, 2.24) is 0 Å². The number of benzene rings is 2. The summed E-state index contributed by atoms with van der Waals surface area (Å²) >= 11 is 15.5. The molecule has 0 unspecified atom stereocenters. The van der Waals surface area contributed by atoms with Gasteiger partial charge >= 0.3 is 0 Å². The molecule has 0 fully saturated rings. The lowest BCUT2D eigenvalue weighted by atomic mass is 10.1. The third-order valence-corrected chi connectivity index (χ3v) is 3.97. The number of nitrogens with one attached hydrogen (secondary N) is 1. The van der Waals surface area contributed by atoms with Gasteiger partial charge in [0.25, 0.3) is 5.91 Å². The number of carbonyl (C=O) groups is 1. The Morgan fingerprint density at radius 2 is 1.81 bits per heavy atom. The van der Waals surface area contributed by atoms with Crippen molar-refractivity contribution in [2.24, 2.45) is 0 Å². The molecule has 2 rings (SSSR count). The number of ether oxygens (including phenoxy) is 1. The maximum atomic E-state index is 12.3. The summed E-state index contributed by atoms with van der Waals surface area (Å²) in [6, 6.07) is 8.70. The Hall–Kier alpha value is -1.23. The number of methoxy groups -OCH3 is 1. The molecule has 0 saturated carbocycles. The summed E-state index contributed by atoms with van der Waals surface area (Å²) in [7, 11) is 1.47. The van der Waals surface area contributed by atoms with Crippen LogP contribution in [0.3, 0.4) is 0 Å². The van der Waals surface area contributed by atoms with Crippen LogP contribution < -0.4 is 10.1 Å². The van der Waals surface area contributed by atoms with E-state index in [1.54, 1.807) is 0 Å². The minimum atomic E-state index is -0.289. The average molecular weight is 389 g/mol. The molecule has 0 bridgehead atoms. The van der Waals surface area contributed by atoms with Gasteiger partial charge in [0.05, 0.1) is 17.2 Å². The molecule has 2 aromatic carbocycles. The van der Waals surface area contributed by atoms with Gasteiger partial charge in [-0.2, -0.15) is 0 Å². The molecule has 0 radical (unpaired) electrons. The Bertz CT molecular complexity index is 681. The van der Waals surface area contributed by atoms with E-state index in [0.717, 1.165) is 15.7 Å².